The van der Waals surface area contributed by atoms with Gasteiger partial charge in [0.15, 0.2) is 0 Å². The van der Waals surface area contributed by atoms with Crippen molar-refractivity contribution in [3.63, 3.8) is 0 Å². The van der Waals surface area contributed by atoms with Gasteiger partial charge in [0.25, 0.3) is 0 Å². The van der Waals surface area contributed by atoms with Crippen molar-refractivity contribution in [3.05, 3.63) is 34.9 Å². The minimum Gasteiger partial charge on any atom is -0.309 e. The van der Waals surface area contributed by atoms with Gasteiger partial charge in [0.2, 0.25) is 0 Å². The minimum absolute atomic E-state index is 0.149. The summed E-state index contributed by atoms with van der Waals surface area (Å²) in [5.74, 6) is 0. The molecule has 118 valence electrons. The maximum Gasteiger partial charge on any atom is 0.0504 e. The van der Waals surface area contributed by atoms with Gasteiger partial charge in [-0.15, -0.1) is 0 Å². The summed E-state index contributed by atoms with van der Waals surface area (Å²) in [6.45, 7) is 14.9. The van der Waals surface area contributed by atoms with E-state index in [1.54, 1.807) is 0 Å². The SMILES string of the molecule is CCNC(c1ccc(C)cc1C)C(C)(C)N1CCCCC1. The molecule has 1 fully saturated rings. The number of hydrogen-bond acceptors (Lipinski definition) is 2. The van der Waals surface area contributed by atoms with Gasteiger partial charge in [-0.25, -0.2) is 0 Å². The lowest BCUT2D eigenvalue weighted by Gasteiger charge is -2.47. The molecule has 0 saturated carbocycles. The van der Waals surface area contributed by atoms with Crippen LogP contribution in [0.4, 0.5) is 0 Å². The van der Waals surface area contributed by atoms with Gasteiger partial charge in [-0.05, 0) is 71.3 Å². The summed E-state index contributed by atoms with van der Waals surface area (Å²) in [6.07, 6.45) is 4.08. The third-order valence-corrected chi connectivity index (χ3v) is 5.02. The molecule has 2 nitrogen and oxygen atoms in total. The zero-order valence-electron chi connectivity index (χ0n) is 14.5. The molecule has 0 aliphatic carbocycles. The van der Waals surface area contributed by atoms with Gasteiger partial charge in [-0.1, -0.05) is 37.1 Å². The molecule has 0 amide bonds. The first kappa shape index (κ1) is 16.5. The molecule has 1 N–H and O–H groups in total. The topological polar surface area (TPSA) is 15.3 Å². The molecule has 1 aromatic rings. The maximum atomic E-state index is 3.76. The number of aryl methyl sites for hydroxylation is 2. The van der Waals surface area contributed by atoms with Gasteiger partial charge in [0, 0.05) is 5.54 Å². The van der Waals surface area contributed by atoms with Crippen LogP contribution in [0, 0.1) is 13.8 Å². The number of nitrogens with one attached hydrogen (secondary N) is 1. The molecule has 21 heavy (non-hydrogen) atoms. The fraction of sp³-hybridized carbons (Fsp3) is 0.684. The second-order valence-corrected chi connectivity index (χ2v) is 7.05. The molecular weight excluding hydrogens is 256 g/mol. The summed E-state index contributed by atoms with van der Waals surface area (Å²) in [6, 6.07) is 7.27. The Hall–Kier alpha value is -0.860. The zero-order chi connectivity index (χ0) is 15.5. The van der Waals surface area contributed by atoms with Gasteiger partial charge < -0.3 is 5.32 Å². The average Bonchev–Trinajstić information content (AvgIpc) is 2.46. The first-order chi connectivity index (χ1) is 9.96. The molecule has 0 spiro atoms. The minimum atomic E-state index is 0.149. The Kier molecular flexibility index (Phi) is 5.45. The van der Waals surface area contributed by atoms with Crippen molar-refractivity contribution in [1.82, 2.24) is 10.2 Å². The summed E-state index contributed by atoms with van der Waals surface area (Å²) < 4.78 is 0. The van der Waals surface area contributed by atoms with Gasteiger partial charge in [-0.2, -0.15) is 0 Å². The van der Waals surface area contributed by atoms with Crippen LogP contribution < -0.4 is 5.32 Å². The van der Waals surface area contributed by atoms with E-state index < -0.39 is 0 Å². The lowest BCUT2D eigenvalue weighted by atomic mass is 9.83. The van der Waals surface area contributed by atoms with E-state index in [9.17, 15) is 0 Å². The Morgan fingerprint density at radius 2 is 1.81 bits per heavy atom. The molecule has 0 aromatic heterocycles. The molecule has 2 heteroatoms. The fourth-order valence-corrected chi connectivity index (χ4v) is 3.75. The van der Waals surface area contributed by atoms with E-state index in [0.29, 0.717) is 6.04 Å². The van der Waals surface area contributed by atoms with Crippen LogP contribution in [0.5, 0.6) is 0 Å². The van der Waals surface area contributed by atoms with E-state index >= 15 is 0 Å². The van der Waals surface area contributed by atoms with E-state index in [1.165, 1.54) is 49.0 Å². The maximum absolute atomic E-state index is 3.76. The van der Waals surface area contributed by atoms with Crippen molar-refractivity contribution in [3.8, 4) is 0 Å². The Bertz CT molecular complexity index is 459. The summed E-state index contributed by atoms with van der Waals surface area (Å²) in [5, 5.41) is 3.76. The molecule has 1 saturated heterocycles. The fourth-order valence-electron chi connectivity index (χ4n) is 3.75. The number of likely N-dealkylation sites (tertiary alicyclic amines) is 1. The lowest BCUT2D eigenvalue weighted by Crippen LogP contribution is -2.54. The number of nitrogens with zero attached hydrogens (tertiary/aromatic N) is 1. The Morgan fingerprint density at radius 3 is 2.38 bits per heavy atom. The summed E-state index contributed by atoms with van der Waals surface area (Å²) >= 11 is 0. The standard InChI is InChI=1S/C19H32N2/c1-6-20-18(17-11-10-15(2)14-16(17)3)19(4,5)21-12-8-7-9-13-21/h10-11,14,18,20H,6-9,12-13H2,1-5H3. The van der Waals surface area contributed by atoms with Crippen LogP contribution in [0.25, 0.3) is 0 Å². The van der Waals surface area contributed by atoms with Crippen LogP contribution in [-0.2, 0) is 0 Å². The summed E-state index contributed by atoms with van der Waals surface area (Å²) in [4.78, 5) is 2.68. The highest BCUT2D eigenvalue weighted by Gasteiger charge is 2.37. The number of rotatable bonds is 5. The molecular formula is C19H32N2. The number of benzene rings is 1. The summed E-state index contributed by atoms with van der Waals surface area (Å²) in [7, 11) is 0. The third-order valence-electron chi connectivity index (χ3n) is 5.02. The van der Waals surface area contributed by atoms with Crippen molar-refractivity contribution in [2.75, 3.05) is 19.6 Å². The highest BCUT2D eigenvalue weighted by atomic mass is 15.2. The molecule has 1 aliphatic rings. The highest BCUT2D eigenvalue weighted by molar-refractivity contribution is 5.34. The number of piperidine rings is 1. The predicted molar refractivity (Wildman–Crippen MR) is 91.8 cm³/mol. The second-order valence-electron chi connectivity index (χ2n) is 7.05. The Labute approximate surface area is 130 Å². The van der Waals surface area contributed by atoms with E-state index in [2.05, 4.69) is 63.0 Å². The smallest absolute Gasteiger partial charge is 0.0504 e. The largest absolute Gasteiger partial charge is 0.309 e. The van der Waals surface area contributed by atoms with Crippen LogP contribution in [0.15, 0.2) is 18.2 Å². The Morgan fingerprint density at radius 1 is 1.14 bits per heavy atom. The van der Waals surface area contributed by atoms with Crippen LogP contribution >= 0.6 is 0 Å². The van der Waals surface area contributed by atoms with Gasteiger partial charge in [-0.3, -0.25) is 4.90 Å². The molecule has 1 unspecified atom stereocenters. The van der Waals surface area contributed by atoms with Crippen LogP contribution in [0.1, 0.15) is 62.8 Å². The number of likely N-dealkylation sites (N-methyl/N-ethyl adjacent to an activating group) is 1. The van der Waals surface area contributed by atoms with Crippen LogP contribution in [-0.4, -0.2) is 30.1 Å². The summed E-state index contributed by atoms with van der Waals surface area (Å²) in [5.41, 5.74) is 4.36. The highest BCUT2D eigenvalue weighted by Crippen LogP contribution is 2.34. The molecule has 1 aromatic carbocycles. The normalized spacial score (nSPS) is 18.7. The Balaban J connectivity index is 2.32. The van der Waals surface area contributed by atoms with Gasteiger partial charge >= 0.3 is 0 Å². The quantitative estimate of drug-likeness (QED) is 0.872. The van der Waals surface area contributed by atoms with Crippen molar-refractivity contribution >= 4 is 0 Å². The monoisotopic (exact) mass is 288 g/mol. The number of hydrogen-bond donors (Lipinski definition) is 1. The van der Waals surface area contributed by atoms with Crippen molar-refractivity contribution < 1.29 is 0 Å². The lowest BCUT2D eigenvalue weighted by molar-refractivity contribution is 0.0611. The average molecular weight is 288 g/mol. The molecule has 1 heterocycles. The van der Waals surface area contributed by atoms with Gasteiger partial charge in [0.1, 0.15) is 0 Å². The predicted octanol–water partition coefficient (Wildman–Crippen LogP) is 4.22. The zero-order valence-corrected chi connectivity index (χ0v) is 14.5. The van der Waals surface area contributed by atoms with E-state index in [1.807, 2.05) is 0 Å². The van der Waals surface area contributed by atoms with Crippen molar-refractivity contribution in [2.45, 2.75) is 65.5 Å². The second kappa shape index (κ2) is 6.93. The van der Waals surface area contributed by atoms with Gasteiger partial charge in [0.05, 0.1) is 6.04 Å². The van der Waals surface area contributed by atoms with Crippen LogP contribution in [0.3, 0.4) is 0 Å². The first-order valence-electron chi connectivity index (χ1n) is 8.52. The first-order valence-corrected chi connectivity index (χ1v) is 8.52. The van der Waals surface area contributed by atoms with Crippen molar-refractivity contribution in [1.29, 1.82) is 0 Å². The van der Waals surface area contributed by atoms with E-state index in [-0.39, 0.29) is 5.54 Å². The van der Waals surface area contributed by atoms with Crippen molar-refractivity contribution in [2.24, 2.45) is 0 Å². The molecule has 1 atom stereocenters. The van der Waals surface area contributed by atoms with Crippen LogP contribution in [0.2, 0.25) is 0 Å². The molecule has 1 aliphatic heterocycles. The van der Waals surface area contributed by atoms with E-state index in [4.69, 9.17) is 0 Å². The third kappa shape index (κ3) is 3.67. The molecule has 0 bridgehead atoms. The molecule has 0 radical (unpaired) electrons. The van der Waals surface area contributed by atoms with E-state index in [0.717, 1.165) is 6.54 Å². The molecule has 2 rings (SSSR count).